The molecule has 0 fully saturated rings. The van der Waals surface area contributed by atoms with Crippen LogP contribution in [0.5, 0.6) is 0 Å². The van der Waals surface area contributed by atoms with Crippen molar-refractivity contribution in [3.63, 3.8) is 0 Å². The highest BCUT2D eigenvalue weighted by Gasteiger charge is 2.12. The number of sulfone groups is 1. The van der Waals surface area contributed by atoms with Gasteiger partial charge in [-0.05, 0) is 12.1 Å². The van der Waals surface area contributed by atoms with Gasteiger partial charge >= 0.3 is 5.97 Å². The van der Waals surface area contributed by atoms with Gasteiger partial charge in [0.25, 0.3) is 0 Å². The fraction of sp³-hybridized carbons (Fsp3) is 0.300. The van der Waals surface area contributed by atoms with Crippen LogP contribution in [0.1, 0.15) is 17.8 Å². The van der Waals surface area contributed by atoms with E-state index in [1.165, 1.54) is 12.1 Å². The summed E-state index contributed by atoms with van der Waals surface area (Å²) in [5, 5.41) is 17.2. The Labute approximate surface area is 98.4 Å². The second-order valence-electron chi connectivity index (χ2n) is 3.46. The fourth-order valence-corrected chi connectivity index (χ4v) is 1.87. The molecule has 0 saturated heterocycles. The Morgan fingerprint density at radius 3 is 2.65 bits per heavy atom. The summed E-state index contributed by atoms with van der Waals surface area (Å²) in [4.78, 5) is 14.2. The van der Waals surface area contributed by atoms with E-state index in [1.807, 2.05) is 0 Å². The predicted molar refractivity (Wildman–Crippen MR) is 58.0 cm³/mol. The van der Waals surface area contributed by atoms with Crippen LogP contribution in [0, 0.1) is 11.3 Å². The Hall–Kier alpha value is -1.94. The summed E-state index contributed by atoms with van der Waals surface area (Å²) in [5.41, 5.74) is 0.250. The van der Waals surface area contributed by atoms with E-state index in [4.69, 9.17) is 10.4 Å². The van der Waals surface area contributed by atoms with E-state index < -0.39 is 15.8 Å². The van der Waals surface area contributed by atoms with Gasteiger partial charge in [-0.25, -0.2) is 13.4 Å². The Kier molecular flexibility index (Phi) is 3.81. The molecule has 0 amide bonds. The number of aromatic nitrogens is 1. The van der Waals surface area contributed by atoms with Crippen LogP contribution in [0.2, 0.25) is 0 Å². The van der Waals surface area contributed by atoms with Gasteiger partial charge in [0, 0.05) is 18.4 Å². The van der Waals surface area contributed by atoms with Gasteiger partial charge in [-0.2, -0.15) is 5.26 Å². The standard InChI is InChI=1S/C10H10N2O4S/c1-17(15,16)9-4-7(2-3-10(13)14)12-8(5-9)6-11/h4-5H,2-3H2,1H3,(H,13,14). The quantitative estimate of drug-likeness (QED) is 0.831. The SMILES string of the molecule is CS(=O)(=O)c1cc(C#N)nc(CCC(=O)O)c1. The van der Waals surface area contributed by atoms with Gasteiger partial charge in [0.15, 0.2) is 9.84 Å². The molecule has 7 heteroatoms. The lowest BCUT2D eigenvalue weighted by Gasteiger charge is -2.03. The van der Waals surface area contributed by atoms with Crippen molar-refractivity contribution in [1.29, 1.82) is 5.26 Å². The minimum atomic E-state index is -3.44. The van der Waals surface area contributed by atoms with Gasteiger partial charge in [0.2, 0.25) is 0 Å². The number of hydrogen-bond acceptors (Lipinski definition) is 5. The molecule has 0 aromatic carbocycles. The Morgan fingerprint density at radius 2 is 2.18 bits per heavy atom. The van der Waals surface area contributed by atoms with E-state index >= 15 is 0 Å². The normalized spacial score (nSPS) is 10.8. The van der Waals surface area contributed by atoms with Gasteiger partial charge in [0.1, 0.15) is 11.8 Å². The molecule has 6 nitrogen and oxygen atoms in total. The number of aryl methyl sites for hydroxylation is 1. The maximum absolute atomic E-state index is 11.3. The molecule has 1 aromatic rings. The number of pyridine rings is 1. The monoisotopic (exact) mass is 254 g/mol. The average Bonchev–Trinajstić information content (AvgIpc) is 2.24. The van der Waals surface area contributed by atoms with Gasteiger partial charge in [-0.1, -0.05) is 0 Å². The van der Waals surface area contributed by atoms with Crippen LogP contribution in [-0.2, 0) is 21.1 Å². The first kappa shape index (κ1) is 13.1. The second kappa shape index (κ2) is 4.93. The van der Waals surface area contributed by atoms with Crippen molar-refractivity contribution >= 4 is 15.8 Å². The number of nitrogens with zero attached hydrogens (tertiary/aromatic N) is 2. The molecule has 90 valence electrons. The molecule has 0 bridgehead atoms. The molecule has 0 aliphatic rings. The van der Waals surface area contributed by atoms with Crippen molar-refractivity contribution in [2.24, 2.45) is 0 Å². The van der Waals surface area contributed by atoms with Gasteiger partial charge in [0.05, 0.1) is 11.3 Å². The Morgan fingerprint density at radius 1 is 1.53 bits per heavy atom. The molecular weight excluding hydrogens is 244 g/mol. The predicted octanol–water partition coefficient (Wildman–Crippen LogP) is 0.374. The third kappa shape index (κ3) is 3.85. The Bertz CT molecular complexity index is 587. The van der Waals surface area contributed by atoms with E-state index in [0.29, 0.717) is 0 Å². The fourth-order valence-electron chi connectivity index (χ4n) is 1.19. The van der Waals surface area contributed by atoms with Gasteiger partial charge in [-0.15, -0.1) is 0 Å². The summed E-state index contributed by atoms with van der Waals surface area (Å²) in [7, 11) is -3.44. The summed E-state index contributed by atoms with van der Waals surface area (Å²) < 4.78 is 22.7. The van der Waals surface area contributed by atoms with Crippen molar-refractivity contribution in [2.75, 3.05) is 6.26 Å². The van der Waals surface area contributed by atoms with Crippen LogP contribution in [0.15, 0.2) is 17.0 Å². The maximum Gasteiger partial charge on any atom is 0.303 e. The van der Waals surface area contributed by atoms with Crippen LogP contribution in [0.4, 0.5) is 0 Å². The van der Waals surface area contributed by atoms with Crippen LogP contribution in [0.25, 0.3) is 0 Å². The molecule has 0 aliphatic heterocycles. The molecule has 17 heavy (non-hydrogen) atoms. The van der Waals surface area contributed by atoms with E-state index in [-0.39, 0.29) is 29.1 Å². The van der Waals surface area contributed by atoms with Crippen LogP contribution >= 0.6 is 0 Å². The molecule has 1 rings (SSSR count). The van der Waals surface area contributed by atoms with Crippen LogP contribution in [-0.4, -0.2) is 30.7 Å². The molecule has 0 saturated carbocycles. The number of rotatable bonds is 4. The number of aliphatic carboxylic acids is 1. The van der Waals surface area contributed by atoms with Crippen molar-refractivity contribution in [3.05, 3.63) is 23.5 Å². The molecule has 0 atom stereocenters. The topological polar surface area (TPSA) is 108 Å². The average molecular weight is 254 g/mol. The first-order chi connectivity index (χ1) is 7.82. The summed E-state index contributed by atoms with van der Waals surface area (Å²) in [6, 6.07) is 4.20. The molecule has 0 radical (unpaired) electrons. The summed E-state index contributed by atoms with van der Waals surface area (Å²) in [6.07, 6.45) is 0.947. The molecule has 1 heterocycles. The lowest BCUT2D eigenvalue weighted by Crippen LogP contribution is -2.04. The van der Waals surface area contributed by atoms with E-state index in [2.05, 4.69) is 4.98 Å². The molecule has 0 aliphatic carbocycles. The van der Waals surface area contributed by atoms with Crippen LogP contribution in [0.3, 0.4) is 0 Å². The molecule has 1 aromatic heterocycles. The van der Waals surface area contributed by atoms with E-state index in [1.54, 1.807) is 6.07 Å². The zero-order valence-electron chi connectivity index (χ0n) is 9.04. The minimum Gasteiger partial charge on any atom is -0.481 e. The highest BCUT2D eigenvalue weighted by molar-refractivity contribution is 7.90. The van der Waals surface area contributed by atoms with Crippen molar-refractivity contribution in [1.82, 2.24) is 4.98 Å². The molecule has 1 N–H and O–H groups in total. The smallest absolute Gasteiger partial charge is 0.303 e. The van der Waals surface area contributed by atoms with E-state index in [0.717, 1.165) is 6.26 Å². The zero-order valence-corrected chi connectivity index (χ0v) is 9.86. The van der Waals surface area contributed by atoms with E-state index in [9.17, 15) is 13.2 Å². The lowest BCUT2D eigenvalue weighted by atomic mass is 10.2. The number of carbonyl (C=O) groups is 1. The number of nitriles is 1. The van der Waals surface area contributed by atoms with Crippen LogP contribution < -0.4 is 0 Å². The lowest BCUT2D eigenvalue weighted by molar-refractivity contribution is -0.136. The maximum atomic E-state index is 11.3. The third-order valence-electron chi connectivity index (χ3n) is 1.99. The highest BCUT2D eigenvalue weighted by atomic mass is 32.2. The summed E-state index contributed by atoms with van der Waals surface area (Å²) in [5.74, 6) is -1.00. The van der Waals surface area contributed by atoms with Crippen molar-refractivity contribution in [3.8, 4) is 6.07 Å². The minimum absolute atomic E-state index is 0.0237. The first-order valence-corrected chi connectivity index (χ1v) is 6.55. The number of hydrogen-bond donors (Lipinski definition) is 1. The second-order valence-corrected chi connectivity index (χ2v) is 5.47. The van der Waals surface area contributed by atoms with Crippen molar-refractivity contribution in [2.45, 2.75) is 17.7 Å². The zero-order chi connectivity index (χ0) is 13.1. The van der Waals surface area contributed by atoms with Gasteiger partial charge in [-0.3, -0.25) is 4.79 Å². The first-order valence-electron chi connectivity index (χ1n) is 4.66. The summed E-state index contributed by atoms with van der Waals surface area (Å²) >= 11 is 0. The largest absolute Gasteiger partial charge is 0.481 e. The third-order valence-corrected chi connectivity index (χ3v) is 3.08. The Balaban J connectivity index is 3.16. The molecule has 0 spiro atoms. The molecule has 0 unspecified atom stereocenters. The van der Waals surface area contributed by atoms with Gasteiger partial charge < -0.3 is 5.11 Å². The summed E-state index contributed by atoms with van der Waals surface area (Å²) in [6.45, 7) is 0. The van der Waals surface area contributed by atoms with Crippen molar-refractivity contribution < 1.29 is 18.3 Å². The molecular formula is C10H10N2O4S. The number of carboxylic acids is 1. The highest BCUT2D eigenvalue weighted by Crippen LogP contribution is 2.13. The number of carboxylic acid groups (broad SMARTS) is 1.